The zero-order chi connectivity index (χ0) is 22.4. The third kappa shape index (κ3) is 5.42. The number of amides is 1. The fraction of sp³-hybridized carbons (Fsp3) is 0.458. The lowest BCUT2D eigenvalue weighted by atomic mass is 10.0. The van der Waals surface area contributed by atoms with Gasteiger partial charge in [0.2, 0.25) is 15.9 Å². The summed E-state index contributed by atoms with van der Waals surface area (Å²) in [6, 6.07) is 15.0. The number of hydrogen-bond acceptors (Lipinski definition) is 5. The second-order valence-electron chi connectivity index (χ2n) is 8.17. The van der Waals surface area contributed by atoms with Gasteiger partial charge in [0, 0.05) is 25.6 Å². The number of carbonyl (C=O) groups is 1. The number of benzene rings is 2. The SMILES string of the molecule is O=C(CCCCCNS(=O)(=O)c1ccc2c(c1)OCCO2)N1CCCC1c1ccccc1. The van der Waals surface area contributed by atoms with Crippen LogP contribution in [0.4, 0.5) is 0 Å². The van der Waals surface area contributed by atoms with Crippen molar-refractivity contribution in [1.29, 1.82) is 0 Å². The summed E-state index contributed by atoms with van der Waals surface area (Å²) in [7, 11) is -3.61. The first-order valence-electron chi connectivity index (χ1n) is 11.3. The first-order chi connectivity index (χ1) is 15.5. The van der Waals surface area contributed by atoms with Gasteiger partial charge in [-0.1, -0.05) is 36.8 Å². The number of fused-ring (bicyclic) bond motifs is 1. The highest BCUT2D eigenvalue weighted by atomic mass is 32.2. The van der Waals surface area contributed by atoms with E-state index in [4.69, 9.17) is 9.47 Å². The summed E-state index contributed by atoms with van der Waals surface area (Å²) in [6.07, 6.45) is 4.77. The molecule has 0 aliphatic carbocycles. The van der Waals surface area contributed by atoms with Crippen molar-refractivity contribution < 1.29 is 22.7 Å². The summed E-state index contributed by atoms with van der Waals surface area (Å²) in [5.74, 6) is 1.20. The monoisotopic (exact) mass is 458 g/mol. The Morgan fingerprint density at radius 2 is 1.78 bits per heavy atom. The third-order valence-electron chi connectivity index (χ3n) is 5.94. The van der Waals surface area contributed by atoms with Crippen LogP contribution in [0, 0.1) is 0 Å². The first kappa shape index (κ1) is 22.6. The number of ether oxygens (including phenoxy) is 2. The summed E-state index contributed by atoms with van der Waals surface area (Å²) in [5, 5.41) is 0. The summed E-state index contributed by atoms with van der Waals surface area (Å²) in [4.78, 5) is 14.9. The lowest BCUT2D eigenvalue weighted by Gasteiger charge is -2.25. The molecule has 172 valence electrons. The second-order valence-corrected chi connectivity index (χ2v) is 9.94. The normalized spacial score (nSPS) is 18.0. The quantitative estimate of drug-likeness (QED) is 0.580. The molecule has 0 aromatic heterocycles. The Kier molecular flexibility index (Phi) is 7.32. The van der Waals surface area contributed by atoms with Crippen LogP contribution in [-0.2, 0) is 14.8 Å². The molecule has 32 heavy (non-hydrogen) atoms. The summed E-state index contributed by atoms with van der Waals surface area (Å²) in [6.45, 7) is 2.02. The van der Waals surface area contributed by atoms with Crippen LogP contribution >= 0.6 is 0 Å². The van der Waals surface area contributed by atoms with E-state index in [1.54, 1.807) is 6.07 Å². The van der Waals surface area contributed by atoms with Crippen LogP contribution < -0.4 is 14.2 Å². The zero-order valence-corrected chi connectivity index (χ0v) is 19.0. The molecule has 2 aliphatic rings. The molecule has 1 saturated heterocycles. The molecule has 0 bridgehead atoms. The Labute approximate surface area is 189 Å². The van der Waals surface area contributed by atoms with E-state index in [0.717, 1.165) is 32.2 Å². The lowest BCUT2D eigenvalue weighted by Crippen LogP contribution is -2.30. The van der Waals surface area contributed by atoms with Crippen LogP contribution in [0.3, 0.4) is 0 Å². The molecule has 0 radical (unpaired) electrons. The van der Waals surface area contributed by atoms with Gasteiger partial charge in [-0.05, 0) is 43.4 Å². The smallest absolute Gasteiger partial charge is 0.240 e. The molecule has 1 atom stereocenters. The minimum Gasteiger partial charge on any atom is -0.486 e. The number of nitrogens with zero attached hydrogens (tertiary/aromatic N) is 1. The number of sulfonamides is 1. The van der Waals surface area contributed by atoms with Crippen molar-refractivity contribution in [3.63, 3.8) is 0 Å². The van der Waals surface area contributed by atoms with Gasteiger partial charge in [0.1, 0.15) is 13.2 Å². The molecule has 2 heterocycles. The Bertz CT molecular complexity index is 1030. The molecule has 1 N–H and O–H groups in total. The minimum atomic E-state index is -3.61. The van der Waals surface area contributed by atoms with Gasteiger partial charge in [0.05, 0.1) is 10.9 Å². The fourth-order valence-electron chi connectivity index (χ4n) is 4.29. The summed E-state index contributed by atoms with van der Waals surface area (Å²) < 4.78 is 38.6. The Morgan fingerprint density at radius 1 is 1.00 bits per heavy atom. The molecule has 2 aromatic carbocycles. The van der Waals surface area contributed by atoms with Gasteiger partial charge in [0.15, 0.2) is 11.5 Å². The van der Waals surface area contributed by atoms with Crippen LogP contribution in [0.15, 0.2) is 53.4 Å². The molecule has 2 aromatic rings. The molecular weight excluding hydrogens is 428 g/mol. The van der Waals surface area contributed by atoms with Crippen molar-refractivity contribution in [2.24, 2.45) is 0 Å². The van der Waals surface area contributed by atoms with Gasteiger partial charge in [-0.25, -0.2) is 13.1 Å². The Balaban J connectivity index is 1.19. The molecule has 2 aliphatic heterocycles. The van der Waals surface area contributed by atoms with E-state index in [1.165, 1.54) is 17.7 Å². The van der Waals surface area contributed by atoms with Gasteiger partial charge in [-0.15, -0.1) is 0 Å². The summed E-state index contributed by atoms with van der Waals surface area (Å²) >= 11 is 0. The largest absolute Gasteiger partial charge is 0.486 e. The predicted octanol–water partition coefficient (Wildman–Crippen LogP) is 3.66. The first-order valence-corrected chi connectivity index (χ1v) is 12.8. The molecule has 8 heteroatoms. The topological polar surface area (TPSA) is 84.9 Å². The number of likely N-dealkylation sites (tertiary alicyclic amines) is 1. The van der Waals surface area contributed by atoms with Crippen LogP contribution in [0.1, 0.15) is 50.1 Å². The van der Waals surface area contributed by atoms with Crippen molar-refractivity contribution in [3.05, 3.63) is 54.1 Å². The van der Waals surface area contributed by atoms with E-state index in [1.807, 2.05) is 23.1 Å². The molecule has 1 amide bonds. The van der Waals surface area contributed by atoms with E-state index in [2.05, 4.69) is 16.9 Å². The fourth-order valence-corrected chi connectivity index (χ4v) is 5.38. The number of nitrogens with one attached hydrogen (secondary N) is 1. The minimum absolute atomic E-state index is 0.165. The van der Waals surface area contributed by atoms with Crippen LogP contribution in [-0.4, -0.2) is 45.5 Å². The molecular formula is C24H30N2O5S. The predicted molar refractivity (Wildman–Crippen MR) is 121 cm³/mol. The highest BCUT2D eigenvalue weighted by Gasteiger charge is 2.29. The second kappa shape index (κ2) is 10.4. The van der Waals surface area contributed by atoms with Crippen LogP contribution in [0.5, 0.6) is 11.5 Å². The van der Waals surface area contributed by atoms with E-state index in [0.29, 0.717) is 44.1 Å². The molecule has 1 unspecified atom stereocenters. The van der Waals surface area contributed by atoms with Crippen molar-refractivity contribution in [1.82, 2.24) is 9.62 Å². The molecule has 1 fully saturated rings. The molecule has 0 saturated carbocycles. The lowest BCUT2D eigenvalue weighted by molar-refractivity contribution is -0.132. The van der Waals surface area contributed by atoms with E-state index >= 15 is 0 Å². The van der Waals surface area contributed by atoms with Crippen molar-refractivity contribution in [2.45, 2.75) is 49.5 Å². The maximum atomic E-state index is 12.7. The van der Waals surface area contributed by atoms with E-state index in [9.17, 15) is 13.2 Å². The summed E-state index contributed by atoms with van der Waals surface area (Å²) in [5.41, 5.74) is 1.20. The molecule has 7 nitrogen and oxygen atoms in total. The van der Waals surface area contributed by atoms with Gasteiger partial charge in [-0.2, -0.15) is 0 Å². The Morgan fingerprint density at radius 3 is 2.59 bits per heavy atom. The van der Waals surface area contributed by atoms with Crippen LogP contribution in [0.25, 0.3) is 0 Å². The van der Waals surface area contributed by atoms with Crippen molar-refractivity contribution in [3.8, 4) is 11.5 Å². The zero-order valence-electron chi connectivity index (χ0n) is 18.2. The number of unbranched alkanes of at least 4 members (excludes halogenated alkanes) is 2. The third-order valence-corrected chi connectivity index (χ3v) is 7.40. The average Bonchev–Trinajstić information content (AvgIpc) is 3.31. The van der Waals surface area contributed by atoms with Gasteiger partial charge in [0.25, 0.3) is 0 Å². The Hall–Kier alpha value is -2.58. The van der Waals surface area contributed by atoms with Crippen molar-refractivity contribution >= 4 is 15.9 Å². The van der Waals surface area contributed by atoms with E-state index < -0.39 is 10.0 Å². The number of hydrogen-bond donors (Lipinski definition) is 1. The number of carbonyl (C=O) groups excluding carboxylic acids is 1. The molecule has 4 rings (SSSR count). The maximum Gasteiger partial charge on any atom is 0.240 e. The van der Waals surface area contributed by atoms with E-state index in [-0.39, 0.29) is 16.8 Å². The standard InChI is InChI=1S/C24H30N2O5S/c27-24(26-15-7-10-21(26)19-8-3-1-4-9-19)11-5-2-6-14-25-32(28,29)20-12-13-22-23(18-20)31-17-16-30-22/h1,3-4,8-9,12-13,18,21,25H,2,5-7,10-11,14-17H2. The molecule has 0 spiro atoms. The van der Waals surface area contributed by atoms with Gasteiger partial charge < -0.3 is 14.4 Å². The van der Waals surface area contributed by atoms with Crippen molar-refractivity contribution in [2.75, 3.05) is 26.3 Å². The number of rotatable bonds is 9. The van der Waals surface area contributed by atoms with Gasteiger partial charge in [-0.3, -0.25) is 4.79 Å². The highest BCUT2D eigenvalue weighted by Crippen LogP contribution is 2.33. The van der Waals surface area contributed by atoms with Gasteiger partial charge >= 0.3 is 0 Å². The average molecular weight is 459 g/mol. The maximum absolute atomic E-state index is 12.7. The van der Waals surface area contributed by atoms with Crippen LogP contribution in [0.2, 0.25) is 0 Å². The highest BCUT2D eigenvalue weighted by molar-refractivity contribution is 7.89.